The highest BCUT2D eigenvalue weighted by atomic mass is 32.1. The van der Waals surface area contributed by atoms with Gasteiger partial charge in [-0.05, 0) is 31.2 Å². The van der Waals surface area contributed by atoms with Gasteiger partial charge in [0.05, 0.1) is 5.57 Å². The fraction of sp³-hybridized carbons (Fsp3) is 0.0588. The summed E-state index contributed by atoms with van der Waals surface area (Å²) in [5.41, 5.74) is 2.20. The molecular formula is C17H16N2OS. The zero-order valence-electron chi connectivity index (χ0n) is 11.7. The molecular weight excluding hydrogens is 280 g/mol. The van der Waals surface area contributed by atoms with Gasteiger partial charge in [-0.1, -0.05) is 48.6 Å². The molecule has 0 saturated heterocycles. The van der Waals surface area contributed by atoms with Crippen LogP contribution < -0.4 is 10.6 Å². The summed E-state index contributed by atoms with van der Waals surface area (Å²) in [6, 6.07) is 19.1. The predicted octanol–water partition coefficient (Wildman–Crippen LogP) is 4.01. The van der Waals surface area contributed by atoms with E-state index in [1.165, 1.54) is 6.92 Å². The predicted molar refractivity (Wildman–Crippen MR) is 91.5 cm³/mol. The molecule has 0 fully saturated rings. The lowest BCUT2D eigenvalue weighted by Crippen LogP contribution is -2.18. The number of hydrogen-bond donors (Lipinski definition) is 2. The molecule has 106 valence electrons. The van der Waals surface area contributed by atoms with Gasteiger partial charge < -0.3 is 10.6 Å². The summed E-state index contributed by atoms with van der Waals surface area (Å²) in [6.45, 7) is 1.50. The SMILES string of the molecule is CC(=O)/C(=C\Nc1ccccc1)C(=S)Nc1ccccc1. The standard InChI is InChI=1S/C17H16N2OS/c1-13(20)16(12-18-14-8-4-2-5-9-14)17(21)19-15-10-6-3-7-11-15/h2-12,18H,1H3,(H,19,21)/b16-12+. The number of benzene rings is 2. The van der Waals surface area contributed by atoms with Crippen molar-refractivity contribution in [1.29, 1.82) is 0 Å². The Kier molecular flexibility index (Phi) is 5.23. The van der Waals surface area contributed by atoms with E-state index in [2.05, 4.69) is 10.6 Å². The second kappa shape index (κ2) is 7.36. The number of para-hydroxylation sites is 2. The quantitative estimate of drug-likeness (QED) is 0.646. The van der Waals surface area contributed by atoms with Crippen LogP contribution >= 0.6 is 12.2 Å². The molecule has 0 amide bonds. The molecule has 0 aliphatic rings. The lowest BCUT2D eigenvalue weighted by Gasteiger charge is -2.10. The van der Waals surface area contributed by atoms with Gasteiger partial charge in [0.1, 0.15) is 4.99 Å². The van der Waals surface area contributed by atoms with Crippen molar-refractivity contribution in [1.82, 2.24) is 0 Å². The molecule has 4 heteroatoms. The molecule has 0 atom stereocenters. The normalized spacial score (nSPS) is 10.8. The third kappa shape index (κ3) is 4.54. The maximum atomic E-state index is 11.8. The fourth-order valence-electron chi connectivity index (χ4n) is 1.74. The third-order valence-electron chi connectivity index (χ3n) is 2.81. The van der Waals surface area contributed by atoms with E-state index in [0.29, 0.717) is 10.6 Å². The van der Waals surface area contributed by atoms with Crippen LogP contribution in [0, 0.1) is 0 Å². The van der Waals surface area contributed by atoms with Gasteiger partial charge in [-0.15, -0.1) is 0 Å². The van der Waals surface area contributed by atoms with Crippen molar-refractivity contribution >= 4 is 34.4 Å². The van der Waals surface area contributed by atoms with Crippen molar-refractivity contribution in [2.45, 2.75) is 6.92 Å². The van der Waals surface area contributed by atoms with Crippen molar-refractivity contribution in [3.8, 4) is 0 Å². The van der Waals surface area contributed by atoms with E-state index in [1.54, 1.807) is 6.20 Å². The summed E-state index contributed by atoms with van der Waals surface area (Å²) in [7, 11) is 0. The average Bonchev–Trinajstić information content (AvgIpc) is 2.49. The van der Waals surface area contributed by atoms with E-state index in [0.717, 1.165) is 11.4 Å². The summed E-state index contributed by atoms with van der Waals surface area (Å²) in [5.74, 6) is -0.0909. The number of carbonyl (C=O) groups excluding carboxylic acids is 1. The highest BCUT2D eigenvalue weighted by Gasteiger charge is 2.10. The Balaban J connectivity index is 2.11. The summed E-state index contributed by atoms with van der Waals surface area (Å²) in [5, 5.41) is 6.14. The number of rotatable bonds is 5. The van der Waals surface area contributed by atoms with Crippen LogP contribution in [0.4, 0.5) is 11.4 Å². The molecule has 0 bridgehead atoms. The zero-order chi connectivity index (χ0) is 15.1. The van der Waals surface area contributed by atoms with Crippen LogP contribution in [0.5, 0.6) is 0 Å². The second-order valence-corrected chi connectivity index (χ2v) is 4.85. The number of hydrogen-bond acceptors (Lipinski definition) is 3. The van der Waals surface area contributed by atoms with Gasteiger partial charge in [0, 0.05) is 17.6 Å². The molecule has 0 aliphatic heterocycles. The molecule has 21 heavy (non-hydrogen) atoms. The molecule has 2 aromatic carbocycles. The van der Waals surface area contributed by atoms with Gasteiger partial charge in [-0.3, -0.25) is 4.79 Å². The zero-order valence-corrected chi connectivity index (χ0v) is 12.5. The van der Waals surface area contributed by atoms with Crippen LogP contribution in [0.25, 0.3) is 0 Å². The van der Waals surface area contributed by atoms with Crippen LogP contribution in [0.15, 0.2) is 72.4 Å². The van der Waals surface area contributed by atoms with Gasteiger partial charge in [-0.2, -0.15) is 0 Å². The first-order valence-electron chi connectivity index (χ1n) is 6.56. The second-order valence-electron chi connectivity index (χ2n) is 4.44. The lowest BCUT2D eigenvalue weighted by molar-refractivity contribution is -0.113. The van der Waals surface area contributed by atoms with E-state index in [1.807, 2.05) is 60.7 Å². The Morgan fingerprint density at radius 3 is 2.00 bits per heavy atom. The molecule has 2 N–H and O–H groups in total. The van der Waals surface area contributed by atoms with Crippen molar-refractivity contribution in [3.05, 3.63) is 72.4 Å². The van der Waals surface area contributed by atoms with Crippen molar-refractivity contribution in [3.63, 3.8) is 0 Å². The molecule has 0 heterocycles. The average molecular weight is 296 g/mol. The molecule has 3 nitrogen and oxygen atoms in total. The van der Waals surface area contributed by atoms with Crippen LogP contribution in [-0.4, -0.2) is 10.8 Å². The van der Waals surface area contributed by atoms with E-state index in [4.69, 9.17) is 12.2 Å². The van der Waals surface area contributed by atoms with E-state index < -0.39 is 0 Å². The van der Waals surface area contributed by atoms with Crippen LogP contribution in [0.1, 0.15) is 6.92 Å². The molecule has 2 rings (SSSR count). The Morgan fingerprint density at radius 2 is 1.48 bits per heavy atom. The monoisotopic (exact) mass is 296 g/mol. The molecule has 0 aliphatic carbocycles. The van der Waals surface area contributed by atoms with E-state index in [-0.39, 0.29) is 5.78 Å². The maximum Gasteiger partial charge on any atom is 0.164 e. The first-order chi connectivity index (χ1) is 10.2. The van der Waals surface area contributed by atoms with Crippen molar-refractivity contribution in [2.24, 2.45) is 0 Å². The number of anilines is 2. The largest absolute Gasteiger partial charge is 0.361 e. The number of thiocarbonyl (C=S) groups is 1. The van der Waals surface area contributed by atoms with E-state index >= 15 is 0 Å². The smallest absolute Gasteiger partial charge is 0.164 e. The minimum Gasteiger partial charge on any atom is -0.361 e. The Labute approximate surface area is 129 Å². The molecule has 0 radical (unpaired) electrons. The Bertz CT molecular complexity index is 651. The first-order valence-corrected chi connectivity index (χ1v) is 6.97. The molecule has 0 spiro atoms. The third-order valence-corrected chi connectivity index (χ3v) is 3.13. The van der Waals surface area contributed by atoms with Gasteiger partial charge in [0.2, 0.25) is 0 Å². The Morgan fingerprint density at radius 1 is 0.952 bits per heavy atom. The fourth-order valence-corrected chi connectivity index (χ4v) is 2.06. The lowest BCUT2D eigenvalue weighted by atomic mass is 10.2. The van der Waals surface area contributed by atoms with Gasteiger partial charge in [0.15, 0.2) is 5.78 Å². The topological polar surface area (TPSA) is 41.1 Å². The number of carbonyl (C=O) groups is 1. The van der Waals surface area contributed by atoms with Crippen LogP contribution in [0.3, 0.4) is 0 Å². The summed E-state index contributed by atoms with van der Waals surface area (Å²) in [4.78, 5) is 12.2. The molecule has 2 aromatic rings. The highest BCUT2D eigenvalue weighted by molar-refractivity contribution is 7.81. The van der Waals surface area contributed by atoms with Crippen LogP contribution in [0.2, 0.25) is 0 Å². The summed E-state index contributed by atoms with van der Waals surface area (Å²) < 4.78 is 0. The minimum absolute atomic E-state index is 0.0909. The molecule has 0 unspecified atom stereocenters. The summed E-state index contributed by atoms with van der Waals surface area (Å²) >= 11 is 5.31. The minimum atomic E-state index is -0.0909. The maximum absolute atomic E-state index is 11.8. The van der Waals surface area contributed by atoms with Gasteiger partial charge >= 0.3 is 0 Å². The first kappa shape index (κ1) is 14.9. The van der Waals surface area contributed by atoms with Gasteiger partial charge in [0.25, 0.3) is 0 Å². The number of nitrogens with one attached hydrogen (secondary N) is 2. The molecule has 0 aromatic heterocycles. The summed E-state index contributed by atoms with van der Waals surface area (Å²) in [6.07, 6.45) is 1.63. The Hall–Kier alpha value is -2.46. The van der Waals surface area contributed by atoms with Gasteiger partial charge in [-0.25, -0.2) is 0 Å². The highest BCUT2D eigenvalue weighted by Crippen LogP contribution is 2.11. The van der Waals surface area contributed by atoms with Crippen LogP contribution in [-0.2, 0) is 4.79 Å². The molecule has 0 saturated carbocycles. The number of ketones is 1. The number of Topliss-reactive ketones (excluding diaryl/α,β-unsaturated/α-hetero) is 1. The van der Waals surface area contributed by atoms with Crippen molar-refractivity contribution in [2.75, 3.05) is 10.6 Å². The van der Waals surface area contributed by atoms with Crippen molar-refractivity contribution < 1.29 is 4.79 Å². The van der Waals surface area contributed by atoms with E-state index in [9.17, 15) is 4.79 Å².